The molecule has 0 saturated heterocycles. The Morgan fingerprint density at radius 3 is 2.33 bits per heavy atom. The molecule has 126 valence electrons. The maximum Gasteiger partial charge on any atom is 0.303 e. The van der Waals surface area contributed by atoms with Crippen molar-refractivity contribution in [1.29, 1.82) is 0 Å². The van der Waals surface area contributed by atoms with E-state index in [2.05, 4.69) is 0 Å². The molecule has 0 aliphatic rings. The van der Waals surface area contributed by atoms with Gasteiger partial charge < -0.3 is 27.9 Å². The third-order valence-corrected chi connectivity index (χ3v) is 3.23. The van der Waals surface area contributed by atoms with Gasteiger partial charge in [0.15, 0.2) is 0 Å². The first kappa shape index (κ1) is 20.5. The minimum absolute atomic E-state index is 0.0218. The average molecular weight is 327 g/mol. The lowest BCUT2D eigenvalue weighted by Crippen LogP contribution is -2.37. The Hall–Kier alpha value is -0.500. The molecule has 0 fully saturated rings. The number of likely N-dealkylation sites (N-methyl/N-ethyl adjacent to an activating group) is 1. The van der Waals surface area contributed by atoms with Crippen molar-refractivity contribution in [2.24, 2.45) is 0 Å². The van der Waals surface area contributed by atoms with Crippen molar-refractivity contribution in [1.82, 2.24) is 0 Å². The van der Waals surface area contributed by atoms with Crippen molar-refractivity contribution in [2.75, 3.05) is 54.1 Å². The molecule has 0 heterocycles. The van der Waals surface area contributed by atoms with E-state index in [0.717, 1.165) is 0 Å². The lowest BCUT2D eigenvalue weighted by molar-refractivity contribution is -0.870. The van der Waals surface area contributed by atoms with Gasteiger partial charge in [-0.1, -0.05) is 0 Å². The van der Waals surface area contributed by atoms with E-state index in [0.29, 0.717) is 17.6 Å². The number of esters is 1. The van der Waals surface area contributed by atoms with E-state index in [1.165, 1.54) is 6.92 Å². The molecule has 0 saturated carbocycles. The summed E-state index contributed by atoms with van der Waals surface area (Å²) in [6.07, 6.45) is -0.785. The molecule has 0 radical (unpaired) electrons. The van der Waals surface area contributed by atoms with Crippen LogP contribution in [0.25, 0.3) is 0 Å². The summed E-state index contributed by atoms with van der Waals surface area (Å²) in [5.41, 5.74) is 0. The van der Waals surface area contributed by atoms with Crippen molar-refractivity contribution in [2.45, 2.75) is 20.0 Å². The number of phosphoric acid groups is 1. The smallest absolute Gasteiger partial charge is 0.303 e. The first-order chi connectivity index (χ1) is 9.56. The van der Waals surface area contributed by atoms with Crippen LogP contribution >= 0.6 is 7.82 Å². The number of nitrogens with zero attached hydrogens (tertiary/aromatic N) is 1. The van der Waals surface area contributed by atoms with Crippen LogP contribution in [0.4, 0.5) is 0 Å². The van der Waals surface area contributed by atoms with Crippen LogP contribution in [0.3, 0.4) is 0 Å². The van der Waals surface area contributed by atoms with Crippen LogP contribution in [0.1, 0.15) is 13.8 Å². The Morgan fingerprint density at radius 2 is 1.86 bits per heavy atom. The predicted octanol–water partition coefficient (Wildman–Crippen LogP) is 0.162. The van der Waals surface area contributed by atoms with Gasteiger partial charge in [-0.25, -0.2) is 0 Å². The van der Waals surface area contributed by atoms with Crippen molar-refractivity contribution >= 4 is 13.8 Å². The molecule has 0 aliphatic carbocycles. The minimum Gasteiger partial charge on any atom is -0.756 e. The predicted molar refractivity (Wildman–Crippen MR) is 74.5 cm³/mol. The molecular weight excluding hydrogens is 301 g/mol. The van der Waals surface area contributed by atoms with Crippen LogP contribution in [0.15, 0.2) is 0 Å². The van der Waals surface area contributed by atoms with Crippen molar-refractivity contribution in [3.63, 3.8) is 0 Å². The second-order valence-corrected chi connectivity index (χ2v) is 6.89. The van der Waals surface area contributed by atoms with Gasteiger partial charge in [0.05, 0.1) is 34.4 Å². The Bertz CT molecular complexity index is 356. The number of phosphoric ester groups is 1. The largest absolute Gasteiger partial charge is 0.756 e. The molecule has 0 amide bonds. The van der Waals surface area contributed by atoms with Crippen molar-refractivity contribution < 1.29 is 37.3 Å². The van der Waals surface area contributed by atoms with E-state index in [4.69, 9.17) is 18.5 Å². The van der Waals surface area contributed by atoms with Gasteiger partial charge in [-0.3, -0.25) is 9.36 Å². The summed E-state index contributed by atoms with van der Waals surface area (Å²) in [7, 11) is 1.33. The third-order valence-electron chi connectivity index (χ3n) is 2.27. The van der Waals surface area contributed by atoms with Crippen molar-refractivity contribution in [3.05, 3.63) is 0 Å². The molecule has 2 atom stereocenters. The number of carbonyl (C=O) groups is 1. The van der Waals surface area contributed by atoms with Gasteiger partial charge in [-0.2, -0.15) is 0 Å². The fourth-order valence-corrected chi connectivity index (χ4v) is 1.97. The van der Waals surface area contributed by atoms with E-state index >= 15 is 0 Å². The molecule has 0 aliphatic heterocycles. The zero-order chi connectivity index (χ0) is 16.5. The molecule has 0 bridgehead atoms. The van der Waals surface area contributed by atoms with Crippen LogP contribution in [0.2, 0.25) is 0 Å². The SMILES string of the molecule is CCOCC(COP(=O)([O-])OCC[N+](C)(C)C)OC(C)=O. The second-order valence-electron chi connectivity index (χ2n) is 5.48. The molecule has 0 N–H and O–H groups in total. The molecule has 2 unspecified atom stereocenters. The van der Waals surface area contributed by atoms with Gasteiger partial charge in [0.2, 0.25) is 0 Å². The highest BCUT2D eigenvalue weighted by molar-refractivity contribution is 7.45. The summed E-state index contributed by atoms with van der Waals surface area (Å²) in [5, 5.41) is 0. The quantitative estimate of drug-likeness (QED) is 0.303. The second kappa shape index (κ2) is 9.50. The maximum absolute atomic E-state index is 11.6. The zero-order valence-electron chi connectivity index (χ0n) is 13.4. The number of ether oxygens (including phenoxy) is 2. The summed E-state index contributed by atoms with van der Waals surface area (Å²) in [6.45, 7) is 3.70. The fraction of sp³-hybridized carbons (Fsp3) is 0.917. The van der Waals surface area contributed by atoms with Crippen molar-refractivity contribution in [3.8, 4) is 0 Å². The highest BCUT2D eigenvalue weighted by atomic mass is 31.2. The van der Waals surface area contributed by atoms with Gasteiger partial charge in [0.25, 0.3) is 7.82 Å². The molecule has 9 heteroatoms. The van der Waals surface area contributed by atoms with E-state index in [1.54, 1.807) is 6.92 Å². The number of carbonyl (C=O) groups excluding carboxylic acids is 1. The first-order valence-corrected chi connectivity index (χ1v) is 8.17. The fourth-order valence-electron chi connectivity index (χ4n) is 1.24. The normalized spacial score (nSPS) is 16.3. The molecule has 0 rings (SSSR count). The maximum atomic E-state index is 11.6. The Labute approximate surface area is 126 Å². The third kappa shape index (κ3) is 12.9. The number of rotatable bonds is 11. The van der Waals surface area contributed by atoms with Gasteiger partial charge in [0, 0.05) is 13.5 Å². The molecule has 0 aromatic rings. The van der Waals surface area contributed by atoms with Gasteiger partial charge in [-0.15, -0.1) is 0 Å². The summed E-state index contributed by atoms with van der Waals surface area (Å²) >= 11 is 0. The van der Waals surface area contributed by atoms with E-state index < -0.39 is 19.9 Å². The lowest BCUT2D eigenvalue weighted by atomic mass is 10.4. The molecule has 0 aromatic carbocycles. The van der Waals surface area contributed by atoms with Crippen LogP contribution < -0.4 is 4.89 Å². The monoisotopic (exact) mass is 327 g/mol. The molecule has 8 nitrogen and oxygen atoms in total. The zero-order valence-corrected chi connectivity index (χ0v) is 14.3. The van der Waals surface area contributed by atoms with Gasteiger partial charge in [-0.05, 0) is 6.92 Å². The summed E-state index contributed by atoms with van der Waals surface area (Å²) in [4.78, 5) is 22.5. The number of hydrogen-bond acceptors (Lipinski definition) is 7. The summed E-state index contributed by atoms with van der Waals surface area (Å²) < 4.78 is 31.6. The molecule has 0 aromatic heterocycles. The summed E-state index contributed by atoms with van der Waals surface area (Å²) in [5.74, 6) is -0.532. The Kier molecular flexibility index (Phi) is 9.28. The van der Waals surface area contributed by atoms with Crippen LogP contribution in [0, 0.1) is 0 Å². The van der Waals surface area contributed by atoms with Crippen LogP contribution in [0.5, 0.6) is 0 Å². The highest BCUT2D eigenvalue weighted by Gasteiger charge is 2.18. The van der Waals surface area contributed by atoms with E-state index in [1.807, 2.05) is 21.1 Å². The van der Waals surface area contributed by atoms with Gasteiger partial charge in [0.1, 0.15) is 19.3 Å². The van der Waals surface area contributed by atoms with Crippen LogP contribution in [-0.2, 0) is 27.9 Å². The minimum atomic E-state index is -4.41. The standard InChI is InChI=1S/C12H26NO7P/c1-6-17-9-12(20-11(2)14)10-19-21(15,16)18-8-7-13(3,4)5/h12H,6-10H2,1-5H3. The van der Waals surface area contributed by atoms with Gasteiger partial charge >= 0.3 is 5.97 Å². The van der Waals surface area contributed by atoms with Crippen LogP contribution in [-0.4, -0.2) is 70.7 Å². The highest BCUT2D eigenvalue weighted by Crippen LogP contribution is 2.38. The molecule has 0 spiro atoms. The Balaban J connectivity index is 4.21. The molecule has 21 heavy (non-hydrogen) atoms. The first-order valence-electron chi connectivity index (χ1n) is 6.71. The number of hydrogen-bond donors (Lipinski definition) is 0. The molecular formula is C12H26NO7P. The lowest BCUT2D eigenvalue weighted by Gasteiger charge is -2.28. The van der Waals surface area contributed by atoms with E-state index in [-0.39, 0.29) is 19.8 Å². The summed E-state index contributed by atoms with van der Waals surface area (Å²) in [6, 6.07) is 0. The number of quaternary nitrogens is 1. The Morgan fingerprint density at radius 1 is 1.24 bits per heavy atom. The van der Waals surface area contributed by atoms with E-state index in [9.17, 15) is 14.3 Å². The topological polar surface area (TPSA) is 94.1 Å². The average Bonchev–Trinajstić information content (AvgIpc) is 2.30.